The lowest BCUT2D eigenvalue weighted by Crippen LogP contribution is -2.36. The van der Waals surface area contributed by atoms with E-state index in [9.17, 15) is 14.0 Å². The van der Waals surface area contributed by atoms with E-state index in [4.69, 9.17) is 5.73 Å². The van der Waals surface area contributed by atoms with Gasteiger partial charge in [0.15, 0.2) is 0 Å². The molecule has 0 saturated carbocycles. The molecule has 1 unspecified atom stereocenters. The zero-order chi connectivity index (χ0) is 19.8. The van der Waals surface area contributed by atoms with Crippen LogP contribution in [0.2, 0.25) is 0 Å². The topological polar surface area (TPSA) is 72.2 Å². The second kappa shape index (κ2) is 9.67. The van der Waals surface area contributed by atoms with Gasteiger partial charge in [-0.1, -0.05) is 50.2 Å². The Hall–Kier alpha value is -2.95. The molecule has 142 valence electrons. The molecule has 27 heavy (non-hydrogen) atoms. The van der Waals surface area contributed by atoms with E-state index in [-0.39, 0.29) is 18.3 Å². The van der Waals surface area contributed by atoms with Gasteiger partial charge >= 0.3 is 0 Å². The molecule has 3 N–H and O–H groups in total. The highest BCUT2D eigenvalue weighted by atomic mass is 19.1. The first-order chi connectivity index (χ1) is 12.8. The Morgan fingerprint density at radius 3 is 2.26 bits per heavy atom. The molecule has 0 bridgehead atoms. The van der Waals surface area contributed by atoms with Crippen LogP contribution in [0, 0.1) is 11.7 Å². The van der Waals surface area contributed by atoms with Gasteiger partial charge in [-0.3, -0.25) is 9.59 Å². The first-order valence-electron chi connectivity index (χ1n) is 8.94. The van der Waals surface area contributed by atoms with Crippen LogP contribution in [0.5, 0.6) is 0 Å². The first kappa shape index (κ1) is 20.4. The van der Waals surface area contributed by atoms with Crippen molar-refractivity contribution in [2.45, 2.75) is 26.2 Å². The third-order valence-corrected chi connectivity index (χ3v) is 4.35. The predicted octanol–water partition coefficient (Wildman–Crippen LogP) is 3.42. The van der Waals surface area contributed by atoms with Crippen LogP contribution >= 0.6 is 0 Å². The molecule has 0 aromatic heterocycles. The number of benzene rings is 2. The maximum Gasteiger partial charge on any atom is 0.244 e. The summed E-state index contributed by atoms with van der Waals surface area (Å²) in [6.07, 6.45) is 3.50. The van der Waals surface area contributed by atoms with Gasteiger partial charge in [0.1, 0.15) is 5.82 Å². The predicted molar refractivity (Wildman–Crippen MR) is 105 cm³/mol. The Labute approximate surface area is 159 Å². The molecule has 2 aromatic rings. The second-order valence-electron chi connectivity index (χ2n) is 6.83. The lowest BCUT2D eigenvalue weighted by molar-refractivity contribution is -0.122. The fraction of sp³-hybridized carbons (Fsp3) is 0.273. The zero-order valence-corrected chi connectivity index (χ0v) is 15.6. The summed E-state index contributed by atoms with van der Waals surface area (Å²) in [4.78, 5) is 23.6. The average Bonchev–Trinajstić information content (AvgIpc) is 2.65. The summed E-state index contributed by atoms with van der Waals surface area (Å²) < 4.78 is 13.0. The highest BCUT2D eigenvalue weighted by molar-refractivity contribution is 5.92. The van der Waals surface area contributed by atoms with E-state index in [1.54, 1.807) is 18.2 Å². The van der Waals surface area contributed by atoms with Gasteiger partial charge in [0, 0.05) is 12.6 Å². The molecule has 0 aliphatic rings. The largest absolute Gasteiger partial charge is 0.369 e. The quantitative estimate of drug-likeness (QED) is 0.701. The molecule has 0 spiro atoms. The monoisotopic (exact) mass is 368 g/mol. The number of hydrogen-bond acceptors (Lipinski definition) is 2. The van der Waals surface area contributed by atoms with Gasteiger partial charge in [-0.15, -0.1) is 0 Å². The van der Waals surface area contributed by atoms with E-state index in [0.717, 1.165) is 11.1 Å². The average molecular weight is 368 g/mol. The van der Waals surface area contributed by atoms with Gasteiger partial charge in [0.05, 0.1) is 5.92 Å². The molecule has 5 heteroatoms. The number of halogens is 1. The summed E-state index contributed by atoms with van der Waals surface area (Å²) in [5.74, 6) is -1.24. The number of primary amides is 1. The number of rotatable bonds is 8. The van der Waals surface area contributed by atoms with Crippen molar-refractivity contribution in [2.24, 2.45) is 11.7 Å². The molecule has 0 saturated heterocycles. The smallest absolute Gasteiger partial charge is 0.244 e. The molecule has 2 aromatic carbocycles. The van der Waals surface area contributed by atoms with E-state index >= 15 is 0 Å². The van der Waals surface area contributed by atoms with Crippen LogP contribution in [0.15, 0.2) is 54.6 Å². The molecule has 0 heterocycles. The van der Waals surface area contributed by atoms with Crippen LogP contribution in [-0.2, 0) is 16.0 Å². The fourth-order valence-electron chi connectivity index (χ4n) is 2.63. The van der Waals surface area contributed by atoms with Crippen molar-refractivity contribution in [3.05, 3.63) is 77.1 Å². The third kappa shape index (κ3) is 6.70. The molecule has 0 fully saturated rings. The van der Waals surface area contributed by atoms with Crippen molar-refractivity contribution in [2.75, 3.05) is 6.54 Å². The molecule has 0 aliphatic carbocycles. The van der Waals surface area contributed by atoms with Crippen molar-refractivity contribution in [3.8, 4) is 0 Å². The molecule has 2 rings (SSSR count). The minimum absolute atomic E-state index is 0.127. The minimum atomic E-state index is -0.557. The Bertz CT molecular complexity index is 796. The number of amides is 2. The van der Waals surface area contributed by atoms with Gasteiger partial charge < -0.3 is 11.1 Å². The molecular formula is C22H25FN2O2. The van der Waals surface area contributed by atoms with Crippen molar-refractivity contribution < 1.29 is 14.0 Å². The van der Waals surface area contributed by atoms with Crippen LogP contribution in [0.25, 0.3) is 6.08 Å². The van der Waals surface area contributed by atoms with Crippen LogP contribution in [0.4, 0.5) is 4.39 Å². The van der Waals surface area contributed by atoms with Crippen molar-refractivity contribution in [1.82, 2.24) is 5.32 Å². The Morgan fingerprint density at radius 2 is 1.70 bits per heavy atom. The number of nitrogens with two attached hydrogens (primary N) is 1. The molecule has 0 aliphatic heterocycles. The van der Waals surface area contributed by atoms with E-state index in [0.29, 0.717) is 12.3 Å². The van der Waals surface area contributed by atoms with E-state index in [1.807, 2.05) is 24.3 Å². The van der Waals surface area contributed by atoms with Gasteiger partial charge in [-0.2, -0.15) is 0 Å². The fourth-order valence-corrected chi connectivity index (χ4v) is 2.63. The first-order valence-corrected chi connectivity index (χ1v) is 8.94. The zero-order valence-electron chi connectivity index (χ0n) is 15.6. The number of nitrogens with one attached hydrogen (secondary N) is 1. The molecule has 1 atom stereocenters. The van der Waals surface area contributed by atoms with E-state index < -0.39 is 11.8 Å². The van der Waals surface area contributed by atoms with Gasteiger partial charge in [0.25, 0.3) is 0 Å². The molecule has 2 amide bonds. The maximum atomic E-state index is 13.0. The second-order valence-corrected chi connectivity index (χ2v) is 6.83. The van der Waals surface area contributed by atoms with Crippen LogP contribution in [0.1, 0.15) is 36.5 Å². The van der Waals surface area contributed by atoms with Crippen molar-refractivity contribution in [1.29, 1.82) is 0 Å². The van der Waals surface area contributed by atoms with Crippen LogP contribution in [0.3, 0.4) is 0 Å². The van der Waals surface area contributed by atoms with Gasteiger partial charge in [-0.25, -0.2) is 4.39 Å². The highest BCUT2D eigenvalue weighted by Gasteiger charge is 2.16. The number of carbonyl (C=O) groups is 2. The molecule has 4 nitrogen and oxygen atoms in total. The Kier molecular flexibility index (Phi) is 7.29. The third-order valence-electron chi connectivity index (χ3n) is 4.35. The van der Waals surface area contributed by atoms with Crippen LogP contribution in [-0.4, -0.2) is 18.4 Å². The van der Waals surface area contributed by atoms with Crippen LogP contribution < -0.4 is 11.1 Å². The van der Waals surface area contributed by atoms with Gasteiger partial charge in [0.2, 0.25) is 11.8 Å². The number of hydrogen-bond donors (Lipinski definition) is 2. The standard InChI is InChI=1S/C22H25FN2O2/c1-15(2)18-8-3-16(4-9-18)7-12-21(26)25-14-19(22(24)27)13-17-5-10-20(23)11-6-17/h3-12,15,19H,13-14H2,1-2H3,(H2,24,27)(H,25,26)/b12-7+. The maximum absolute atomic E-state index is 13.0. The Balaban J connectivity index is 1.89. The van der Waals surface area contributed by atoms with Crippen molar-refractivity contribution >= 4 is 17.9 Å². The highest BCUT2D eigenvalue weighted by Crippen LogP contribution is 2.15. The molecule has 0 radical (unpaired) electrons. The summed E-state index contributed by atoms with van der Waals surface area (Å²) >= 11 is 0. The summed E-state index contributed by atoms with van der Waals surface area (Å²) in [6.45, 7) is 4.38. The Morgan fingerprint density at radius 1 is 1.07 bits per heavy atom. The van der Waals surface area contributed by atoms with Gasteiger partial charge in [-0.05, 0) is 47.2 Å². The summed E-state index contributed by atoms with van der Waals surface area (Å²) in [7, 11) is 0. The number of carbonyl (C=O) groups excluding carboxylic acids is 2. The molecular weight excluding hydrogens is 343 g/mol. The van der Waals surface area contributed by atoms with E-state index in [1.165, 1.54) is 23.8 Å². The lowest BCUT2D eigenvalue weighted by atomic mass is 9.98. The van der Waals surface area contributed by atoms with E-state index in [2.05, 4.69) is 19.2 Å². The lowest BCUT2D eigenvalue weighted by Gasteiger charge is -2.13. The summed E-state index contributed by atoms with van der Waals surface area (Å²) in [5, 5.41) is 2.69. The summed E-state index contributed by atoms with van der Waals surface area (Å²) in [6, 6.07) is 13.9. The normalized spacial score (nSPS) is 12.3. The summed E-state index contributed by atoms with van der Waals surface area (Å²) in [5.41, 5.74) is 8.37. The van der Waals surface area contributed by atoms with Crippen molar-refractivity contribution in [3.63, 3.8) is 0 Å². The SMILES string of the molecule is CC(C)c1ccc(/C=C/C(=O)NCC(Cc2ccc(F)cc2)C(N)=O)cc1. The minimum Gasteiger partial charge on any atom is -0.369 e.